The molecule has 0 fully saturated rings. The number of halogens is 3. The molecule has 2 aromatic rings. The van der Waals surface area contributed by atoms with E-state index in [1.54, 1.807) is 6.07 Å². The molecule has 0 aliphatic carbocycles. The van der Waals surface area contributed by atoms with Gasteiger partial charge in [-0.25, -0.2) is 0 Å². The molecule has 0 aliphatic heterocycles. The predicted octanol–water partition coefficient (Wildman–Crippen LogP) is 4.95. The number of aliphatic hydroxyl groups excluding tert-OH is 1. The minimum Gasteiger partial charge on any atom is -0.384 e. The Morgan fingerprint density at radius 1 is 0.941 bits per heavy atom. The van der Waals surface area contributed by atoms with Crippen LogP contribution in [-0.2, 0) is 0 Å². The lowest BCUT2D eigenvalue weighted by Crippen LogP contribution is -1.99. The smallest absolute Gasteiger partial charge is 0.104 e. The van der Waals surface area contributed by atoms with Crippen molar-refractivity contribution in [2.75, 3.05) is 0 Å². The highest BCUT2D eigenvalue weighted by atomic mass is 79.9. The first-order valence-corrected chi connectivity index (χ1v) is 6.93. The zero-order valence-electron chi connectivity index (χ0n) is 8.70. The molecule has 0 bridgehead atoms. The van der Waals surface area contributed by atoms with E-state index < -0.39 is 6.10 Å². The molecule has 0 heterocycles. The number of hydrogen-bond donors (Lipinski definition) is 1. The van der Waals surface area contributed by atoms with Gasteiger partial charge in [0.2, 0.25) is 0 Å². The number of aliphatic hydroxyl groups is 1. The molecule has 2 aromatic carbocycles. The molecule has 1 N–H and O–H groups in total. The second-order valence-corrected chi connectivity index (χ2v) is 5.80. The molecule has 0 saturated heterocycles. The summed E-state index contributed by atoms with van der Waals surface area (Å²) in [5.41, 5.74) is 1.66. The first-order chi connectivity index (χ1) is 8.08. The summed E-state index contributed by atoms with van der Waals surface area (Å²) in [6, 6.07) is 13.0. The van der Waals surface area contributed by atoms with Crippen molar-refractivity contribution in [2.24, 2.45) is 0 Å². The first-order valence-electron chi connectivity index (χ1n) is 4.96. The maximum Gasteiger partial charge on any atom is 0.104 e. The van der Waals surface area contributed by atoms with Crippen molar-refractivity contribution < 1.29 is 5.11 Å². The second-order valence-electron chi connectivity index (χ2n) is 3.63. The minimum atomic E-state index is -0.642. The Balaban J connectivity index is 2.33. The Kier molecular flexibility index (Phi) is 4.26. The maximum atomic E-state index is 10.2. The van der Waals surface area contributed by atoms with Gasteiger partial charge in [-0.1, -0.05) is 45.7 Å². The highest BCUT2D eigenvalue weighted by Crippen LogP contribution is 2.29. The van der Waals surface area contributed by atoms with E-state index in [-0.39, 0.29) is 0 Å². The van der Waals surface area contributed by atoms with Crippen LogP contribution in [0.25, 0.3) is 0 Å². The Labute approximate surface area is 122 Å². The largest absolute Gasteiger partial charge is 0.384 e. The molecular formula is C13H9Br2ClO. The van der Waals surface area contributed by atoms with Crippen molar-refractivity contribution in [1.29, 1.82) is 0 Å². The van der Waals surface area contributed by atoms with E-state index in [0.717, 1.165) is 20.1 Å². The van der Waals surface area contributed by atoms with Crippen molar-refractivity contribution in [1.82, 2.24) is 0 Å². The average Bonchev–Trinajstić information content (AvgIpc) is 2.33. The average molecular weight is 376 g/mol. The molecule has 1 unspecified atom stereocenters. The predicted molar refractivity (Wildman–Crippen MR) is 77.4 cm³/mol. The lowest BCUT2D eigenvalue weighted by molar-refractivity contribution is 0.220. The lowest BCUT2D eigenvalue weighted by Gasteiger charge is -2.12. The van der Waals surface area contributed by atoms with Crippen LogP contribution in [0.3, 0.4) is 0 Å². The van der Waals surface area contributed by atoms with Gasteiger partial charge in [0.1, 0.15) is 6.10 Å². The van der Waals surface area contributed by atoms with Gasteiger partial charge in [0.05, 0.1) is 5.02 Å². The summed E-state index contributed by atoms with van der Waals surface area (Å²) in [5, 5.41) is 10.9. The molecule has 88 valence electrons. The highest BCUT2D eigenvalue weighted by molar-refractivity contribution is 9.10. The van der Waals surface area contributed by atoms with Gasteiger partial charge in [-0.05, 0) is 51.3 Å². The van der Waals surface area contributed by atoms with Gasteiger partial charge in [-0.15, -0.1) is 0 Å². The second kappa shape index (κ2) is 5.53. The zero-order valence-corrected chi connectivity index (χ0v) is 12.6. The SMILES string of the molecule is OC(c1ccc(Br)cc1)c1ccc(Cl)c(Br)c1. The molecule has 2 rings (SSSR count). The van der Waals surface area contributed by atoms with Crippen LogP contribution in [0.5, 0.6) is 0 Å². The summed E-state index contributed by atoms with van der Waals surface area (Å²) < 4.78 is 1.78. The fourth-order valence-corrected chi connectivity index (χ4v) is 2.30. The van der Waals surface area contributed by atoms with Crippen LogP contribution in [0.1, 0.15) is 17.2 Å². The van der Waals surface area contributed by atoms with Crippen LogP contribution < -0.4 is 0 Å². The molecule has 0 spiro atoms. The Bertz CT molecular complexity index is 525. The van der Waals surface area contributed by atoms with E-state index in [9.17, 15) is 5.11 Å². The van der Waals surface area contributed by atoms with Crippen molar-refractivity contribution in [3.63, 3.8) is 0 Å². The molecule has 0 radical (unpaired) electrons. The summed E-state index contributed by atoms with van der Waals surface area (Å²) in [7, 11) is 0. The van der Waals surface area contributed by atoms with Gasteiger partial charge in [0, 0.05) is 8.95 Å². The normalized spacial score (nSPS) is 12.5. The molecule has 1 nitrogen and oxygen atoms in total. The van der Waals surface area contributed by atoms with Crippen LogP contribution >= 0.6 is 43.5 Å². The highest BCUT2D eigenvalue weighted by Gasteiger charge is 2.11. The molecule has 0 aliphatic rings. The van der Waals surface area contributed by atoms with Gasteiger partial charge in [-0.2, -0.15) is 0 Å². The van der Waals surface area contributed by atoms with Crippen molar-refractivity contribution >= 4 is 43.5 Å². The van der Waals surface area contributed by atoms with Crippen LogP contribution in [0.15, 0.2) is 51.4 Å². The summed E-state index contributed by atoms with van der Waals surface area (Å²) >= 11 is 12.6. The number of hydrogen-bond acceptors (Lipinski definition) is 1. The number of benzene rings is 2. The van der Waals surface area contributed by atoms with E-state index in [1.165, 1.54) is 0 Å². The third kappa shape index (κ3) is 3.10. The van der Waals surface area contributed by atoms with Crippen molar-refractivity contribution in [3.8, 4) is 0 Å². The molecule has 1 atom stereocenters. The Morgan fingerprint density at radius 3 is 2.12 bits per heavy atom. The summed E-state index contributed by atoms with van der Waals surface area (Å²) in [5.74, 6) is 0. The molecule has 0 amide bonds. The standard InChI is InChI=1S/C13H9Br2ClO/c14-10-4-1-8(2-5-10)13(17)9-3-6-12(16)11(15)7-9/h1-7,13,17H. The van der Waals surface area contributed by atoms with Gasteiger partial charge in [0.15, 0.2) is 0 Å². The maximum absolute atomic E-state index is 10.2. The van der Waals surface area contributed by atoms with Crippen LogP contribution in [0, 0.1) is 0 Å². The van der Waals surface area contributed by atoms with Crippen LogP contribution in [0.4, 0.5) is 0 Å². The van der Waals surface area contributed by atoms with Gasteiger partial charge in [0.25, 0.3) is 0 Å². The zero-order chi connectivity index (χ0) is 12.4. The molecule has 17 heavy (non-hydrogen) atoms. The van der Waals surface area contributed by atoms with E-state index in [0.29, 0.717) is 5.02 Å². The lowest BCUT2D eigenvalue weighted by atomic mass is 10.0. The fourth-order valence-electron chi connectivity index (χ4n) is 1.52. The Morgan fingerprint density at radius 2 is 1.53 bits per heavy atom. The van der Waals surface area contributed by atoms with E-state index in [1.807, 2.05) is 36.4 Å². The van der Waals surface area contributed by atoms with Crippen molar-refractivity contribution in [3.05, 3.63) is 67.6 Å². The molecule has 0 aromatic heterocycles. The van der Waals surface area contributed by atoms with Crippen LogP contribution in [-0.4, -0.2) is 5.11 Å². The summed E-state index contributed by atoms with van der Waals surface area (Å²) in [4.78, 5) is 0. The number of rotatable bonds is 2. The van der Waals surface area contributed by atoms with Gasteiger partial charge < -0.3 is 5.11 Å². The monoisotopic (exact) mass is 374 g/mol. The summed E-state index contributed by atoms with van der Waals surface area (Å²) in [6.07, 6.45) is -0.642. The summed E-state index contributed by atoms with van der Waals surface area (Å²) in [6.45, 7) is 0. The first kappa shape index (κ1) is 13.1. The molecular weight excluding hydrogens is 367 g/mol. The van der Waals surface area contributed by atoms with E-state index >= 15 is 0 Å². The van der Waals surface area contributed by atoms with Gasteiger partial charge in [-0.3, -0.25) is 0 Å². The van der Waals surface area contributed by atoms with E-state index in [4.69, 9.17) is 11.6 Å². The topological polar surface area (TPSA) is 20.2 Å². The van der Waals surface area contributed by atoms with Gasteiger partial charge >= 0.3 is 0 Å². The van der Waals surface area contributed by atoms with Crippen LogP contribution in [0.2, 0.25) is 5.02 Å². The van der Waals surface area contributed by atoms with Crippen molar-refractivity contribution in [2.45, 2.75) is 6.10 Å². The van der Waals surface area contributed by atoms with E-state index in [2.05, 4.69) is 31.9 Å². The third-order valence-electron chi connectivity index (χ3n) is 2.45. The molecule has 0 saturated carbocycles. The third-order valence-corrected chi connectivity index (χ3v) is 4.19. The Hall–Kier alpha value is -0.350. The fraction of sp³-hybridized carbons (Fsp3) is 0.0769. The quantitative estimate of drug-likeness (QED) is 0.787. The minimum absolute atomic E-state index is 0.636. The molecule has 4 heteroatoms.